The van der Waals surface area contributed by atoms with E-state index in [1.807, 2.05) is 0 Å². The second-order valence-electron chi connectivity index (χ2n) is 4.88. The summed E-state index contributed by atoms with van der Waals surface area (Å²) in [4.78, 5) is 21.6. The summed E-state index contributed by atoms with van der Waals surface area (Å²) in [7, 11) is -1.64. The molecule has 10 heteroatoms. The van der Waals surface area contributed by atoms with Gasteiger partial charge in [0.25, 0.3) is 15.7 Å². The van der Waals surface area contributed by atoms with Gasteiger partial charge in [-0.1, -0.05) is 17.7 Å². The summed E-state index contributed by atoms with van der Waals surface area (Å²) in [6, 6.07) is 8.71. The standard InChI is InChI=1S/C15H13ClN2O6S/c1-17(10-6-7-14(16)13(9-10)15(19)24-2)25(22,23)12-5-3-4-11(8-12)18(20)21/h3-9H,1-2H3. The minimum absolute atomic E-state index is 0.00255. The highest BCUT2D eigenvalue weighted by molar-refractivity contribution is 7.92. The highest BCUT2D eigenvalue weighted by Gasteiger charge is 2.24. The van der Waals surface area contributed by atoms with Crippen molar-refractivity contribution >= 4 is 39.0 Å². The molecule has 0 aliphatic heterocycles. The maximum absolute atomic E-state index is 12.7. The number of nitro groups is 1. The Bertz CT molecular complexity index is 945. The molecule has 0 heterocycles. The lowest BCUT2D eigenvalue weighted by atomic mass is 10.2. The van der Waals surface area contributed by atoms with E-state index in [1.54, 1.807) is 0 Å². The van der Waals surface area contributed by atoms with E-state index in [4.69, 9.17) is 11.6 Å². The summed E-state index contributed by atoms with van der Waals surface area (Å²) < 4.78 is 30.9. The molecule has 0 saturated heterocycles. The van der Waals surface area contributed by atoms with Crippen molar-refractivity contribution in [1.29, 1.82) is 0 Å². The number of hydrogen-bond acceptors (Lipinski definition) is 6. The number of ether oxygens (including phenoxy) is 1. The quantitative estimate of drug-likeness (QED) is 0.445. The molecule has 0 aromatic heterocycles. The smallest absolute Gasteiger partial charge is 0.339 e. The Kier molecular flexibility index (Phi) is 5.29. The van der Waals surface area contributed by atoms with Gasteiger partial charge < -0.3 is 4.74 Å². The fourth-order valence-electron chi connectivity index (χ4n) is 2.03. The molecule has 2 rings (SSSR count). The lowest BCUT2D eigenvalue weighted by Crippen LogP contribution is -2.26. The van der Waals surface area contributed by atoms with Crippen LogP contribution in [-0.4, -0.2) is 33.5 Å². The summed E-state index contributed by atoms with van der Waals surface area (Å²) in [5.41, 5.74) is -0.195. The Morgan fingerprint density at radius 2 is 1.92 bits per heavy atom. The average molecular weight is 385 g/mol. The number of hydrogen-bond donors (Lipinski definition) is 0. The maximum Gasteiger partial charge on any atom is 0.339 e. The molecule has 0 spiro atoms. The first-order chi connectivity index (χ1) is 11.7. The summed E-state index contributed by atoms with van der Waals surface area (Å²) in [6.45, 7) is 0. The number of carbonyl (C=O) groups excluding carboxylic acids is 1. The molecule has 0 bridgehead atoms. The molecule has 2 aromatic rings. The number of sulfonamides is 1. The van der Waals surface area contributed by atoms with Gasteiger partial charge in [-0.15, -0.1) is 0 Å². The van der Waals surface area contributed by atoms with E-state index in [9.17, 15) is 23.3 Å². The van der Waals surface area contributed by atoms with Crippen LogP contribution in [0, 0.1) is 10.1 Å². The van der Waals surface area contributed by atoms with Crippen LogP contribution in [0.15, 0.2) is 47.4 Å². The van der Waals surface area contributed by atoms with Crippen LogP contribution in [0.2, 0.25) is 5.02 Å². The van der Waals surface area contributed by atoms with Crippen LogP contribution in [0.1, 0.15) is 10.4 Å². The lowest BCUT2D eigenvalue weighted by Gasteiger charge is -2.20. The maximum atomic E-state index is 12.7. The average Bonchev–Trinajstić information content (AvgIpc) is 2.60. The summed E-state index contributed by atoms with van der Waals surface area (Å²) in [5, 5.41) is 10.9. The molecule has 0 aliphatic carbocycles. The third-order valence-corrected chi connectivity index (χ3v) is 5.52. The van der Waals surface area contributed by atoms with Crippen molar-refractivity contribution in [1.82, 2.24) is 0 Å². The van der Waals surface area contributed by atoms with Gasteiger partial charge in [0.2, 0.25) is 0 Å². The number of nitro benzene ring substituents is 1. The van der Waals surface area contributed by atoms with Crippen molar-refractivity contribution in [3.05, 3.63) is 63.2 Å². The van der Waals surface area contributed by atoms with Crippen molar-refractivity contribution in [2.45, 2.75) is 4.90 Å². The van der Waals surface area contributed by atoms with Crippen LogP contribution in [0.25, 0.3) is 0 Å². The van der Waals surface area contributed by atoms with E-state index >= 15 is 0 Å². The highest BCUT2D eigenvalue weighted by atomic mass is 35.5. The number of nitrogens with zero attached hydrogens (tertiary/aromatic N) is 2. The first-order valence-electron chi connectivity index (χ1n) is 6.79. The summed E-state index contributed by atoms with van der Waals surface area (Å²) in [6.07, 6.45) is 0. The first kappa shape index (κ1) is 18.7. The van der Waals surface area contributed by atoms with E-state index < -0.39 is 20.9 Å². The number of methoxy groups -OCH3 is 1. The Hall–Kier alpha value is -2.65. The molecule has 0 fully saturated rings. The van der Waals surface area contributed by atoms with E-state index in [-0.39, 0.29) is 26.9 Å². The topological polar surface area (TPSA) is 107 Å². The van der Waals surface area contributed by atoms with Gasteiger partial charge in [-0.05, 0) is 24.3 Å². The van der Waals surface area contributed by atoms with Crippen LogP contribution < -0.4 is 4.31 Å². The Morgan fingerprint density at radius 1 is 1.24 bits per heavy atom. The first-order valence-corrected chi connectivity index (χ1v) is 8.61. The molecule has 0 amide bonds. The van der Waals surface area contributed by atoms with Crippen LogP contribution in [0.4, 0.5) is 11.4 Å². The number of esters is 1. The van der Waals surface area contributed by atoms with E-state index in [0.29, 0.717) is 0 Å². The van der Waals surface area contributed by atoms with E-state index in [1.165, 1.54) is 50.6 Å². The van der Waals surface area contributed by atoms with Gasteiger partial charge in [0, 0.05) is 19.2 Å². The number of anilines is 1. The number of carbonyl (C=O) groups is 1. The zero-order valence-corrected chi connectivity index (χ0v) is 14.7. The van der Waals surface area contributed by atoms with Crippen LogP contribution in [0.5, 0.6) is 0 Å². The van der Waals surface area contributed by atoms with Gasteiger partial charge in [0.15, 0.2) is 0 Å². The van der Waals surface area contributed by atoms with Crippen LogP contribution >= 0.6 is 11.6 Å². The fourth-order valence-corrected chi connectivity index (χ4v) is 3.45. The van der Waals surface area contributed by atoms with Gasteiger partial charge in [-0.2, -0.15) is 0 Å². The van der Waals surface area contributed by atoms with Gasteiger partial charge in [0.05, 0.1) is 33.2 Å². The highest BCUT2D eigenvalue weighted by Crippen LogP contribution is 2.28. The van der Waals surface area contributed by atoms with Gasteiger partial charge in [-0.3, -0.25) is 14.4 Å². The summed E-state index contributed by atoms with van der Waals surface area (Å²) in [5.74, 6) is -0.715. The van der Waals surface area contributed by atoms with Crippen molar-refractivity contribution in [2.24, 2.45) is 0 Å². The third-order valence-electron chi connectivity index (χ3n) is 3.41. The number of non-ortho nitro benzene ring substituents is 1. The molecular formula is C15H13ClN2O6S. The molecule has 0 aliphatic rings. The molecule has 132 valence electrons. The van der Waals surface area contributed by atoms with Crippen LogP contribution in [0.3, 0.4) is 0 Å². The second-order valence-corrected chi connectivity index (χ2v) is 7.26. The Balaban J connectivity index is 2.49. The monoisotopic (exact) mass is 384 g/mol. The Morgan fingerprint density at radius 3 is 2.52 bits per heavy atom. The zero-order valence-electron chi connectivity index (χ0n) is 13.2. The molecule has 0 N–H and O–H groups in total. The van der Waals surface area contributed by atoms with Crippen molar-refractivity contribution in [3.63, 3.8) is 0 Å². The second kappa shape index (κ2) is 7.08. The fraction of sp³-hybridized carbons (Fsp3) is 0.133. The van der Waals surface area contributed by atoms with Crippen molar-refractivity contribution in [3.8, 4) is 0 Å². The number of benzene rings is 2. The van der Waals surface area contributed by atoms with Crippen molar-refractivity contribution < 1.29 is 22.9 Å². The lowest BCUT2D eigenvalue weighted by molar-refractivity contribution is -0.385. The molecule has 25 heavy (non-hydrogen) atoms. The molecule has 0 unspecified atom stereocenters. The SMILES string of the molecule is COC(=O)c1cc(N(C)S(=O)(=O)c2cccc([N+](=O)[O-])c2)ccc1Cl. The van der Waals surface area contributed by atoms with Gasteiger partial charge >= 0.3 is 5.97 Å². The van der Waals surface area contributed by atoms with Gasteiger partial charge in [0.1, 0.15) is 0 Å². The Labute approximate surface area is 148 Å². The zero-order chi connectivity index (χ0) is 18.8. The molecule has 0 radical (unpaired) electrons. The summed E-state index contributed by atoms with van der Waals surface area (Å²) >= 11 is 5.92. The van der Waals surface area contributed by atoms with E-state index in [0.717, 1.165) is 10.4 Å². The van der Waals surface area contributed by atoms with Crippen molar-refractivity contribution in [2.75, 3.05) is 18.5 Å². The van der Waals surface area contributed by atoms with Gasteiger partial charge in [-0.25, -0.2) is 13.2 Å². The predicted molar refractivity (Wildman–Crippen MR) is 91.5 cm³/mol. The number of rotatable bonds is 5. The third kappa shape index (κ3) is 3.72. The molecule has 0 saturated carbocycles. The minimum atomic E-state index is -4.08. The largest absolute Gasteiger partial charge is 0.465 e. The minimum Gasteiger partial charge on any atom is -0.465 e. The molecule has 2 aromatic carbocycles. The molecule has 8 nitrogen and oxygen atoms in total. The molecular weight excluding hydrogens is 372 g/mol. The number of halogens is 1. The molecule has 0 atom stereocenters. The normalized spacial score (nSPS) is 11.0. The van der Waals surface area contributed by atoms with E-state index in [2.05, 4.69) is 4.74 Å². The predicted octanol–water partition coefficient (Wildman–Crippen LogP) is 2.86. The van der Waals surface area contributed by atoms with Crippen LogP contribution in [-0.2, 0) is 14.8 Å².